The molecule has 3 N–H and O–H groups in total. The van der Waals surface area contributed by atoms with Crippen molar-refractivity contribution in [3.8, 4) is 5.88 Å². The number of halogens is 1. The number of anilines is 2. The molecule has 6 rings (SSSR count). The topological polar surface area (TPSA) is 133 Å². The quantitative estimate of drug-likeness (QED) is 0.417. The van der Waals surface area contributed by atoms with E-state index >= 15 is 0 Å². The Balaban J connectivity index is 1.26. The van der Waals surface area contributed by atoms with E-state index < -0.39 is 17.7 Å². The van der Waals surface area contributed by atoms with E-state index in [9.17, 15) is 14.0 Å². The molecule has 11 heteroatoms. The molecule has 0 aromatic carbocycles. The molecule has 210 valence electrons. The van der Waals surface area contributed by atoms with Gasteiger partial charge in [0.25, 0.3) is 0 Å². The van der Waals surface area contributed by atoms with Gasteiger partial charge in [-0.2, -0.15) is 0 Å². The molecule has 1 saturated carbocycles. The molecule has 3 aliphatic rings. The molecule has 0 radical (unpaired) electrons. The van der Waals surface area contributed by atoms with Crippen LogP contribution in [0.3, 0.4) is 0 Å². The summed E-state index contributed by atoms with van der Waals surface area (Å²) in [5.41, 5.74) is 7.77. The fourth-order valence-corrected chi connectivity index (χ4v) is 5.20. The minimum atomic E-state index is -1.01. The number of aromatic nitrogens is 3. The summed E-state index contributed by atoms with van der Waals surface area (Å²) in [6.45, 7) is 8.56. The van der Waals surface area contributed by atoms with Crippen molar-refractivity contribution in [3.05, 3.63) is 47.4 Å². The summed E-state index contributed by atoms with van der Waals surface area (Å²) in [7, 11) is 0. The van der Waals surface area contributed by atoms with Crippen LogP contribution in [0.5, 0.6) is 5.88 Å². The number of nitrogens with two attached hydrogens (primary N) is 1. The molecule has 40 heavy (non-hydrogen) atoms. The van der Waals surface area contributed by atoms with Gasteiger partial charge >= 0.3 is 5.97 Å². The second-order valence-electron chi connectivity index (χ2n) is 11.5. The zero-order valence-corrected chi connectivity index (χ0v) is 23.0. The Hall–Kier alpha value is -3.86. The van der Waals surface area contributed by atoms with Crippen LogP contribution >= 0.6 is 0 Å². The third-order valence-corrected chi connectivity index (χ3v) is 8.28. The molecule has 0 spiro atoms. The lowest BCUT2D eigenvalue weighted by Gasteiger charge is -2.39. The number of alkyl halides is 1. The number of amides is 1. The largest absolute Gasteiger partial charge is 0.470 e. The van der Waals surface area contributed by atoms with Crippen LogP contribution in [0.4, 0.5) is 16.0 Å². The number of hydrogen-bond acceptors (Lipinski definition) is 9. The highest BCUT2D eigenvalue weighted by Gasteiger charge is 2.48. The summed E-state index contributed by atoms with van der Waals surface area (Å²) in [6, 6.07) is 5.10. The first kappa shape index (κ1) is 26.4. The van der Waals surface area contributed by atoms with Crippen molar-refractivity contribution in [2.75, 3.05) is 18.4 Å². The predicted molar refractivity (Wildman–Crippen MR) is 146 cm³/mol. The molecule has 10 nitrogen and oxygen atoms in total. The van der Waals surface area contributed by atoms with E-state index in [0.717, 1.165) is 10.9 Å². The molecule has 1 saturated heterocycles. The van der Waals surface area contributed by atoms with E-state index in [1.54, 1.807) is 29.4 Å². The molecule has 4 atom stereocenters. The van der Waals surface area contributed by atoms with Crippen LogP contribution in [0.15, 0.2) is 30.6 Å². The van der Waals surface area contributed by atoms with Gasteiger partial charge in [0.05, 0.1) is 35.7 Å². The van der Waals surface area contributed by atoms with Gasteiger partial charge in [-0.1, -0.05) is 13.8 Å². The maximum atomic E-state index is 13.3. The van der Waals surface area contributed by atoms with Crippen molar-refractivity contribution >= 4 is 34.3 Å². The average molecular weight is 549 g/mol. The minimum absolute atomic E-state index is 0.0909. The number of fused-ring (bicyclic) bond motifs is 2. The van der Waals surface area contributed by atoms with Crippen molar-refractivity contribution in [1.29, 1.82) is 0 Å². The lowest BCUT2D eigenvalue weighted by Crippen LogP contribution is -2.56. The number of pyridine rings is 3. The Morgan fingerprint density at radius 1 is 1.25 bits per heavy atom. The highest BCUT2D eigenvalue weighted by Crippen LogP contribution is 2.39. The number of nitrogens with one attached hydrogen (secondary N) is 1. The summed E-state index contributed by atoms with van der Waals surface area (Å²) >= 11 is 0. The third-order valence-electron chi connectivity index (χ3n) is 8.28. The molecule has 1 amide bonds. The standard InChI is InChI=1S/C29H33FN6O4/c1-5-22(31)19-10-33-26(39-15-12-36(13-15)27(37)18-8-21(18)30)20-11-32-24(9-17(19)20)34-23-7-6-16-25(35-23)14(2)29(3,4)40-28(16)38/h6-7,9-11,14-15,18,21-22H,5,8,12-13,31H2,1-4H3,(H,32,34,35)/t14-,18-,21+,22-/m1/s1. The zero-order chi connectivity index (χ0) is 28.3. The summed E-state index contributed by atoms with van der Waals surface area (Å²) < 4.78 is 25.0. The monoisotopic (exact) mass is 548 g/mol. The summed E-state index contributed by atoms with van der Waals surface area (Å²) in [5.74, 6) is 0.423. The molecule has 1 aliphatic carbocycles. The summed E-state index contributed by atoms with van der Waals surface area (Å²) in [6.07, 6.45) is 3.21. The van der Waals surface area contributed by atoms with Crippen LogP contribution in [0.2, 0.25) is 0 Å². The second kappa shape index (κ2) is 9.65. The highest BCUT2D eigenvalue weighted by atomic mass is 19.1. The smallest absolute Gasteiger partial charge is 0.340 e. The number of cyclic esters (lactones) is 1. The van der Waals surface area contributed by atoms with Crippen LogP contribution in [-0.2, 0) is 9.53 Å². The van der Waals surface area contributed by atoms with E-state index in [0.29, 0.717) is 60.1 Å². The molecular formula is C29H33FN6O4. The van der Waals surface area contributed by atoms with Crippen LogP contribution in [0.25, 0.3) is 10.8 Å². The van der Waals surface area contributed by atoms with Gasteiger partial charge in [0.15, 0.2) is 0 Å². The van der Waals surface area contributed by atoms with Crippen molar-refractivity contribution < 1.29 is 23.5 Å². The van der Waals surface area contributed by atoms with Gasteiger partial charge in [-0.15, -0.1) is 0 Å². The number of nitrogens with zero attached hydrogens (tertiary/aromatic N) is 4. The molecule has 0 unspecified atom stereocenters. The minimum Gasteiger partial charge on any atom is -0.470 e. The van der Waals surface area contributed by atoms with E-state index in [2.05, 4.69) is 15.3 Å². The molecular weight excluding hydrogens is 515 g/mol. The third kappa shape index (κ3) is 4.61. The Bertz CT molecular complexity index is 1510. The Kier molecular flexibility index (Phi) is 6.36. The normalized spacial score (nSPS) is 24.1. The molecule has 0 bridgehead atoms. The van der Waals surface area contributed by atoms with Gasteiger partial charge < -0.3 is 25.4 Å². The lowest BCUT2D eigenvalue weighted by molar-refractivity contribution is -0.141. The van der Waals surface area contributed by atoms with E-state index in [1.807, 2.05) is 33.8 Å². The van der Waals surface area contributed by atoms with E-state index in [4.69, 9.17) is 20.2 Å². The predicted octanol–water partition coefficient (Wildman–Crippen LogP) is 4.18. The lowest BCUT2D eigenvalue weighted by atomic mass is 9.84. The molecule has 2 fully saturated rings. The number of esters is 1. The average Bonchev–Trinajstić information content (AvgIpc) is 3.64. The number of rotatable bonds is 7. The summed E-state index contributed by atoms with van der Waals surface area (Å²) in [4.78, 5) is 40.2. The fourth-order valence-electron chi connectivity index (χ4n) is 5.20. The van der Waals surface area contributed by atoms with Crippen molar-refractivity contribution in [2.24, 2.45) is 11.7 Å². The fraction of sp³-hybridized carbons (Fsp3) is 0.483. The first-order valence-corrected chi connectivity index (χ1v) is 13.7. The van der Waals surface area contributed by atoms with Crippen LogP contribution < -0.4 is 15.8 Å². The molecule has 2 aliphatic heterocycles. The second-order valence-corrected chi connectivity index (χ2v) is 11.5. The number of carbonyl (C=O) groups excluding carboxylic acids is 2. The first-order chi connectivity index (χ1) is 19.1. The van der Waals surface area contributed by atoms with Gasteiger partial charge in [-0.3, -0.25) is 4.79 Å². The Morgan fingerprint density at radius 2 is 2.00 bits per heavy atom. The maximum absolute atomic E-state index is 13.3. The van der Waals surface area contributed by atoms with Gasteiger partial charge in [0, 0.05) is 24.4 Å². The van der Waals surface area contributed by atoms with Crippen molar-refractivity contribution in [2.45, 2.75) is 70.4 Å². The maximum Gasteiger partial charge on any atom is 0.340 e. The van der Waals surface area contributed by atoms with Crippen LogP contribution in [0, 0.1) is 5.92 Å². The van der Waals surface area contributed by atoms with Gasteiger partial charge in [-0.25, -0.2) is 24.1 Å². The van der Waals surface area contributed by atoms with Crippen molar-refractivity contribution in [3.63, 3.8) is 0 Å². The van der Waals surface area contributed by atoms with E-state index in [1.165, 1.54) is 0 Å². The molecule has 3 aromatic rings. The summed E-state index contributed by atoms with van der Waals surface area (Å²) in [5, 5.41) is 4.82. The zero-order valence-electron chi connectivity index (χ0n) is 23.0. The molecule has 3 aromatic heterocycles. The van der Waals surface area contributed by atoms with Crippen LogP contribution in [-0.4, -0.2) is 62.7 Å². The highest BCUT2D eigenvalue weighted by molar-refractivity contribution is 5.93. The van der Waals surface area contributed by atoms with E-state index in [-0.39, 0.29) is 29.9 Å². The number of hydrogen-bond donors (Lipinski definition) is 2. The first-order valence-electron chi connectivity index (χ1n) is 13.7. The number of carbonyl (C=O) groups is 2. The van der Waals surface area contributed by atoms with Crippen molar-refractivity contribution in [1.82, 2.24) is 19.9 Å². The van der Waals surface area contributed by atoms with Crippen LogP contribution in [0.1, 0.15) is 74.1 Å². The Labute approximate surface area is 231 Å². The van der Waals surface area contributed by atoms with Gasteiger partial charge in [0.2, 0.25) is 11.8 Å². The van der Waals surface area contributed by atoms with Gasteiger partial charge in [0.1, 0.15) is 29.5 Å². The molecule has 5 heterocycles. The number of likely N-dealkylation sites (tertiary alicyclic amines) is 1. The van der Waals surface area contributed by atoms with Gasteiger partial charge in [-0.05, 0) is 55.8 Å². The Morgan fingerprint density at radius 3 is 2.70 bits per heavy atom. The number of ether oxygens (including phenoxy) is 2. The SMILES string of the molecule is CC[C@@H](N)c1cnc(OC2CN(C(=O)[C@@H]3C[C@@H]3F)C2)c2cnc(Nc3ccc4c(n3)[C@@H](C)C(C)(C)OC4=O)cc12.